The molecule has 0 N–H and O–H groups in total. The van der Waals surface area contributed by atoms with E-state index in [1.807, 2.05) is 0 Å². The number of hydrogen-bond acceptors (Lipinski definition) is 0. The molecule has 3 heteroatoms. The monoisotopic (exact) mass is 710 g/mol. The van der Waals surface area contributed by atoms with E-state index in [1.54, 1.807) is 22.3 Å². The van der Waals surface area contributed by atoms with E-state index in [-0.39, 0.29) is 24.8 Å². The second-order valence-corrected chi connectivity index (χ2v) is 25.0. The fourth-order valence-corrected chi connectivity index (χ4v) is 25.9. The normalized spacial score (nSPS) is 18.0. The zero-order valence-electron chi connectivity index (χ0n) is 27.3. The molecule has 1 saturated heterocycles. The first-order valence-corrected chi connectivity index (χ1v) is 23.2. The van der Waals surface area contributed by atoms with Crippen molar-refractivity contribution in [2.45, 2.75) is 81.7 Å². The van der Waals surface area contributed by atoms with E-state index in [4.69, 9.17) is 0 Å². The summed E-state index contributed by atoms with van der Waals surface area (Å²) in [7, 11) is 0. The zero-order valence-corrected chi connectivity index (χ0v) is 31.3. The first-order chi connectivity index (χ1) is 21.0. The minimum atomic E-state index is -2.74. The van der Waals surface area contributed by atoms with Crippen molar-refractivity contribution < 1.29 is 45.1 Å². The SMILES string of the molecule is CCCCC1=Cc2c(-c3ccc(C)cc3)cccc2[CH]1[Zr+2]1([CH]2C(CCCC)=Cc3c(-c4ccc(C)cc4)cccc32)[CH2][CH2]1.[Cl-].[Cl-]. The minimum absolute atomic E-state index is 0. The predicted octanol–water partition coefficient (Wildman–Crippen LogP) is 6.61. The molecular weight excluding hydrogens is 667 g/mol. The van der Waals surface area contributed by atoms with Crippen LogP contribution in [0.3, 0.4) is 0 Å². The number of allylic oxidation sites excluding steroid dienone is 2. The Morgan fingerprint density at radius 1 is 0.556 bits per heavy atom. The molecule has 1 heterocycles. The van der Waals surface area contributed by atoms with Gasteiger partial charge >= 0.3 is 266 Å². The molecule has 0 aromatic heterocycles. The van der Waals surface area contributed by atoms with Crippen molar-refractivity contribution in [3.8, 4) is 22.3 Å². The van der Waals surface area contributed by atoms with Gasteiger partial charge in [-0.1, -0.05) is 0 Å². The van der Waals surface area contributed by atoms with Gasteiger partial charge < -0.3 is 24.8 Å². The number of halogens is 2. The maximum Gasteiger partial charge on any atom is -1.00 e. The molecule has 0 radical (unpaired) electrons. The van der Waals surface area contributed by atoms with Crippen LogP contribution >= 0.6 is 0 Å². The van der Waals surface area contributed by atoms with E-state index in [0.717, 1.165) is 0 Å². The Morgan fingerprint density at radius 2 is 0.956 bits per heavy atom. The van der Waals surface area contributed by atoms with Crippen LogP contribution < -0.4 is 24.8 Å². The summed E-state index contributed by atoms with van der Waals surface area (Å²) in [6.45, 7) is 9.10. The van der Waals surface area contributed by atoms with Crippen LogP contribution in [0.25, 0.3) is 34.4 Å². The number of rotatable bonds is 10. The van der Waals surface area contributed by atoms with Gasteiger partial charge in [0.25, 0.3) is 0 Å². The van der Waals surface area contributed by atoms with Crippen LogP contribution in [0.5, 0.6) is 0 Å². The summed E-state index contributed by atoms with van der Waals surface area (Å²) in [5.74, 6) is 0. The summed E-state index contributed by atoms with van der Waals surface area (Å²) in [6.07, 6.45) is 13.0. The van der Waals surface area contributed by atoms with Gasteiger partial charge in [-0.2, -0.15) is 0 Å². The van der Waals surface area contributed by atoms with Gasteiger partial charge in [0.2, 0.25) is 0 Å². The van der Waals surface area contributed by atoms with Gasteiger partial charge in [0.1, 0.15) is 0 Å². The van der Waals surface area contributed by atoms with Crippen LogP contribution in [-0.2, 0) is 20.3 Å². The average Bonchev–Trinajstić information content (AvgIpc) is 3.57. The van der Waals surface area contributed by atoms with Gasteiger partial charge in [0, 0.05) is 0 Å². The van der Waals surface area contributed by atoms with Gasteiger partial charge in [-0.15, -0.1) is 0 Å². The molecule has 1 fully saturated rings. The average molecular weight is 713 g/mol. The molecule has 2 aliphatic carbocycles. The van der Waals surface area contributed by atoms with Gasteiger partial charge in [0.05, 0.1) is 0 Å². The first kappa shape index (κ1) is 34.2. The Labute approximate surface area is 288 Å². The van der Waals surface area contributed by atoms with Crippen molar-refractivity contribution in [1.29, 1.82) is 0 Å². The molecule has 45 heavy (non-hydrogen) atoms. The van der Waals surface area contributed by atoms with Crippen LogP contribution in [0.1, 0.15) is 93.0 Å². The summed E-state index contributed by atoms with van der Waals surface area (Å²) < 4.78 is 4.48. The van der Waals surface area contributed by atoms with Crippen LogP contribution in [0, 0.1) is 13.8 Å². The molecule has 4 aromatic rings. The maximum absolute atomic E-state index is 2.74. The van der Waals surface area contributed by atoms with E-state index in [0.29, 0.717) is 7.25 Å². The Bertz CT molecular complexity index is 1580. The van der Waals surface area contributed by atoms with Crippen molar-refractivity contribution in [2.24, 2.45) is 0 Å². The summed E-state index contributed by atoms with van der Waals surface area (Å²) in [5, 5.41) is 0. The number of unbranched alkanes of at least 4 members (excludes halogenated alkanes) is 2. The van der Waals surface area contributed by atoms with Crippen LogP contribution in [0.2, 0.25) is 8.26 Å². The van der Waals surface area contributed by atoms with Crippen LogP contribution in [0.4, 0.5) is 0 Å². The molecule has 0 nitrogen and oxygen atoms in total. The summed E-state index contributed by atoms with van der Waals surface area (Å²) in [5.41, 5.74) is 18.3. The number of benzene rings is 4. The third-order valence-corrected chi connectivity index (χ3v) is 23.7. The Hall–Kier alpha value is -2.18. The third kappa shape index (κ3) is 6.27. The largest absolute Gasteiger partial charge is 1.00 e. The molecule has 3 aliphatic rings. The quantitative estimate of drug-likeness (QED) is 0.174. The standard InChI is InChI=1S/2C20H21.C2H4.2ClH.Zr/c2*1-3-4-6-16-13-18-7-5-8-19(20(18)14-16)17-11-9-15(2)10-12-17;1-2;;;/h2*5,7-14H,3-4,6H2,1-2H3;1-2H2;2*1H;/q;;;;;+2/p-2. The van der Waals surface area contributed by atoms with E-state index >= 15 is 0 Å². The predicted molar refractivity (Wildman–Crippen MR) is 183 cm³/mol. The smallest absolute Gasteiger partial charge is 1.00 e. The van der Waals surface area contributed by atoms with Crippen molar-refractivity contribution in [3.63, 3.8) is 0 Å². The van der Waals surface area contributed by atoms with Crippen molar-refractivity contribution in [3.05, 3.63) is 129 Å². The third-order valence-electron chi connectivity index (χ3n) is 10.6. The minimum Gasteiger partial charge on any atom is -1.00 e. The molecule has 4 aromatic carbocycles. The summed E-state index contributed by atoms with van der Waals surface area (Å²) in [6, 6.07) is 33.0. The van der Waals surface area contributed by atoms with Crippen molar-refractivity contribution in [2.75, 3.05) is 0 Å². The van der Waals surface area contributed by atoms with Gasteiger partial charge in [-0.05, 0) is 0 Å². The molecule has 0 amide bonds. The first-order valence-electron chi connectivity index (χ1n) is 16.8. The zero-order chi connectivity index (χ0) is 29.6. The van der Waals surface area contributed by atoms with Gasteiger partial charge in [0.15, 0.2) is 0 Å². The second-order valence-electron chi connectivity index (χ2n) is 13.6. The fraction of sp³-hybridized carbons (Fsp3) is 0.333. The van der Waals surface area contributed by atoms with Crippen LogP contribution in [-0.4, -0.2) is 0 Å². The van der Waals surface area contributed by atoms with Gasteiger partial charge in [-0.3, -0.25) is 0 Å². The van der Waals surface area contributed by atoms with E-state index in [9.17, 15) is 0 Å². The van der Waals surface area contributed by atoms with Crippen molar-refractivity contribution in [1.82, 2.24) is 0 Å². The maximum atomic E-state index is 2.68. The number of aryl methyl sites for hydroxylation is 2. The summed E-state index contributed by atoms with van der Waals surface area (Å²) in [4.78, 5) is 0. The molecule has 7 rings (SSSR count). The molecule has 2 unspecified atom stereocenters. The molecule has 1 aliphatic heterocycles. The van der Waals surface area contributed by atoms with Crippen LogP contribution in [0.15, 0.2) is 96.1 Å². The Kier molecular flexibility index (Phi) is 10.9. The molecule has 2 atom stereocenters. The summed E-state index contributed by atoms with van der Waals surface area (Å²) >= 11 is -2.74. The van der Waals surface area contributed by atoms with Gasteiger partial charge in [-0.25, -0.2) is 0 Å². The molecule has 0 saturated carbocycles. The van der Waals surface area contributed by atoms with Crippen molar-refractivity contribution >= 4 is 12.2 Å². The molecule has 0 bridgehead atoms. The number of fused-ring (bicyclic) bond motifs is 2. The fourth-order valence-electron chi connectivity index (χ4n) is 8.34. The van der Waals surface area contributed by atoms with E-state index in [2.05, 4.69) is 125 Å². The number of hydrogen-bond donors (Lipinski definition) is 0. The Morgan fingerprint density at radius 3 is 1.31 bits per heavy atom. The van der Waals surface area contributed by atoms with E-state index in [1.165, 1.54) is 91.3 Å². The second kappa shape index (κ2) is 14.3. The molecule has 232 valence electrons. The molecule has 0 spiro atoms. The Balaban J connectivity index is 0.00000200. The topological polar surface area (TPSA) is 0 Å². The molecular formula is C42H46Cl2Zr. The van der Waals surface area contributed by atoms with E-state index < -0.39 is 20.3 Å².